The summed E-state index contributed by atoms with van der Waals surface area (Å²) in [6.07, 6.45) is 1.84. The minimum absolute atomic E-state index is 0.0490. The van der Waals surface area contributed by atoms with E-state index in [2.05, 4.69) is 20.3 Å². The Hall–Kier alpha value is -2.11. The maximum Gasteiger partial charge on any atom is 0.191 e. The highest BCUT2D eigenvalue weighted by molar-refractivity contribution is 7.98. The highest BCUT2D eigenvalue weighted by atomic mass is 32.2. The lowest BCUT2D eigenvalue weighted by molar-refractivity contribution is 0.311. The van der Waals surface area contributed by atoms with Crippen LogP contribution in [0.5, 0.6) is 0 Å². The quantitative estimate of drug-likeness (QED) is 0.548. The molecule has 2 heterocycles. The number of hydrogen-bond acceptors (Lipinski definition) is 8. The van der Waals surface area contributed by atoms with Gasteiger partial charge in [0.05, 0.1) is 17.6 Å². The number of aliphatic hydroxyl groups excluding tert-OH is 1. The molecule has 0 unspecified atom stereocenters. The van der Waals surface area contributed by atoms with Crippen LogP contribution in [0.2, 0.25) is 0 Å². The first-order valence-corrected chi connectivity index (χ1v) is 6.69. The lowest BCUT2D eigenvalue weighted by atomic mass is 10.2. The third-order valence-electron chi connectivity index (χ3n) is 2.40. The second-order valence-electron chi connectivity index (χ2n) is 3.61. The first kappa shape index (κ1) is 13.3. The molecule has 0 aliphatic rings. The van der Waals surface area contributed by atoms with E-state index in [0.717, 1.165) is 0 Å². The minimum Gasteiger partial charge on any atom is -0.395 e. The van der Waals surface area contributed by atoms with Crippen LogP contribution in [0.4, 0.5) is 11.6 Å². The van der Waals surface area contributed by atoms with Crippen LogP contribution in [0, 0.1) is 11.3 Å². The van der Waals surface area contributed by atoms with E-state index in [1.54, 1.807) is 6.07 Å². The van der Waals surface area contributed by atoms with Gasteiger partial charge in [0.15, 0.2) is 10.8 Å². The predicted molar refractivity (Wildman–Crippen MR) is 73.8 cm³/mol. The van der Waals surface area contributed by atoms with Crippen LogP contribution in [-0.2, 0) is 0 Å². The van der Waals surface area contributed by atoms with Gasteiger partial charge in [0, 0.05) is 6.54 Å². The van der Waals surface area contributed by atoms with Gasteiger partial charge in [0.25, 0.3) is 0 Å². The van der Waals surface area contributed by atoms with Crippen LogP contribution in [0.1, 0.15) is 5.56 Å². The van der Waals surface area contributed by atoms with E-state index in [9.17, 15) is 0 Å². The molecule has 0 bridgehead atoms. The van der Waals surface area contributed by atoms with Crippen molar-refractivity contribution in [2.45, 2.75) is 5.16 Å². The van der Waals surface area contributed by atoms with Crippen LogP contribution in [-0.4, -0.2) is 39.5 Å². The van der Waals surface area contributed by atoms with Crippen molar-refractivity contribution >= 4 is 34.4 Å². The number of pyridine rings is 1. The zero-order valence-corrected chi connectivity index (χ0v) is 11.0. The number of hydrogen-bond donors (Lipinski definition) is 3. The van der Waals surface area contributed by atoms with Crippen LogP contribution in [0.25, 0.3) is 11.0 Å². The monoisotopic (exact) mass is 276 g/mol. The Morgan fingerprint density at radius 1 is 1.47 bits per heavy atom. The molecule has 0 aliphatic carbocycles. The zero-order valence-electron chi connectivity index (χ0n) is 10.2. The molecule has 0 atom stereocenters. The fourth-order valence-corrected chi connectivity index (χ4v) is 1.91. The van der Waals surface area contributed by atoms with Gasteiger partial charge in [-0.25, -0.2) is 15.0 Å². The molecule has 2 aromatic heterocycles. The first-order valence-electron chi connectivity index (χ1n) is 5.46. The molecular formula is C11H12N6OS. The number of nitrogens with zero attached hydrogens (tertiary/aromatic N) is 4. The van der Waals surface area contributed by atoms with E-state index in [-0.39, 0.29) is 6.61 Å². The Kier molecular flexibility index (Phi) is 3.99. The van der Waals surface area contributed by atoms with Crippen molar-refractivity contribution in [1.29, 1.82) is 5.26 Å². The number of aliphatic hydroxyl groups is 1. The summed E-state index contributed by atoms with van der Waals surface area (Å²) in [5.41, 5.74) is 6.60. The smallest absolute Gasteiger partial charge is 0.191 e. The Morgan fingerprint density at radius 3 is 2.89 bits per heavy atom. The molecule has 2 rings (SSSR count). The molecule has 0 aromatic carbocycles. The molecule has 0 spiro atoms. The number of rotatable bonds is 4. The number of nitrogens with one attached hydrogen (secondary N) is 1. The van der Waals surface area contributed by atoms with E-state index in [4.69, 9.17) is 16.1 Å². The Labute approximate surface area is 113 Å². The molecular weight excluding hydrogens is 264 g/mol. The number of thioether (sulfide) groups is 1. The molecule has 7 nitrogen and oxygen atoms in total. The number of nitrogen functional groups attached to an aromatic ring is 1. The van der Waals surface area contributed by atoms with Gasteiger partial charge in [-0.1, -0.05) is 11.8 Å². The number of nitrogens with two attached hydrogens (primary N) is 1. The topological polar surface area (TPSA) is 121 Å². The maximum atomic E-state index is 9.09. The zero-order chi connectivity index (χ0) is 13.8. The predicted octanol–water partition coefficient (Wildman–Crippen LogP) is 0.605. The van der Waals surface area contributed by atoms with E-state index >= 15 is 0 Å². The van der Waals surface area contributed by atoms with Crippen molar-refractivity contribution in [2.24, 2.45) is 0 Å². The minimum atomic E-state index is -0.0490. The van der Waals surface area contributed by atoms with E-state index in [1.165, 1.54) is 11.8 Å². The fourth-order valence-electron chi connectivity index (χ4n) is 1.54. The summed E-state index contributed by atoms with van der Waals surface area (Å²) in [6, 6.07) is 3.63. The van der Waals surface area contributed by atoms with Gasteiger partial charge < -0.3 is 16.2 Å². The standard InChI is InChI=1S/C11H12N6OS/c1-19-11-15-8(13)7-4-6(5-12)9(14-2-3-18)16-10(7)17-11/h4,18H,2-3H2,1H3,(H3,13,14,15,16,17). The molecule has 2 aromatic rings. The van der Waals surface area contributed by atoms with Crippen molar-refractivity contribution in [2.75, 3.05) is 30.5 Å². The largest absolute Gasteiger partial charge is 0.395 e. The van der Waals surface area contributed by atoms with Crippen molar-refractivity contribution in [3.05, 3.63) is 11.6 Å². The molecule has 0 saturated carbocycles. The summed E-state index contributed by atoms with van der Waals surface area (Å²) in [7, 11) is 0. The average molecular weight is 276 g/mol. The van der Waals surface area contributed by atoms with Gasteiger partial charge in [0.1, 0.15) is 17.7 Å². The molecule has 0 fully saturated rings. The molecule has 98 valence electrons. The Morgan fingerprint density at radius 2 is 2.26 bits per heavy atom. The number of fused-ring (bicyclic) bond motifs is 1. The van der Waals surface area contributed by atoms with Gasteiger partial charge in [0.2, 0.25) is 0 Å². The molecule has 0 radical (unpaired) electrons. The van der Waals surface area contributed by atoms with Crippen LogP contribution < -0.4 is 11.1 Å². The van der Waals surface area contributed by atoms with Crippen LogP contribution >= 0.6 is 11.8 Å². The molecule has 4 N–H and O–H groups in total. The molecule has 0 amide bonds. The summed E-state index contributed by atoms with van der Waals surface area (Å²) >= 11 is 1.36. The number of anilines is 2. The summed E-state index contributed by atoms with van der Waals surface area (Å²) < 4.78 is 0. The SMILES string of the molecule is CSc1nc(N)c2cc(C#N)c(NCCO)nc2n1. The van der Waals surface area contributed by atoms with Crippen LogP contribution in [0.15, 0.2) is 11.2 Å². The molecule has 0 aliphatic heterocycles. The third kappa shape index (κ3) is 2.67. The number of nitriles is 1. The second-order valence-corrected chi connectivity index (χ2v) is 4.39. The highest BCUT2D eigenvalue weighted by Crippen LogP contribution is 2.24. The van der Waals surface area contributed by atoms with Crippen molar-refractivity contribution in [3.8, 4) is 6.07 Å². The Bertz CT molecular complexity index is 654. The fraction of sp³-hybridized carbons (Fsp3) is 0.273. The van der Waals surface area contributed by atoms with Gasteiger partial charge in [-0.15, -0.1) is 0 Å². The maximum absolute atomic E-state index is 9.09. The van der Waals surface area contributed by atoms with Crippen molar-refractivity contribution in [3.63, 3.8) is 0 Å². The summed E-state index contributed by atoms with van der Waals surface area (Å²) in [5, 5.41) is 21.8. The summed E-state index contributed by atoms with van der Waals surface area (Å²) in [5.74, 6) is 0.682. The van der Waals surface area contributed by atoms with Crippen LogP contribution in [0.3, 0.4) is 0 Å². The lowest BCUT2D eigenvalue weighted by Gasteiger charge is -2.08. The molecule has 8 heteroatoms. The van der Waals surface area contributed by atoms with E-state index in [1.807, 2.05) is 12.3 Å². The average Bonchev–Trinajstić information content (AvgIpc) is 2.43. The highest BCUT2D eigenvalue weighted by Gasteiger charge is 2.11. The summed E-state index contributed by atoms with van der Waals surface area (Å²) in [6.45, 7) is 0.260. The van der Waals surface area contributed by atoms with Gasteiger partial charge >= 0.3 is 0 Å². The van der Waals surface area contributed by atoms with E-state index in [0.29, 0.717) is 39.9 Å². The van der Waals surface area contributed by atoms with Gasteiger partial charge in [-0.05, 0) is 12.3 Å². The Balaban J connectivity index is 2.61. The van der Waals surface area contributed by atoms with Crippen molar-refractivity contribution in [1.82, 2.24) is 15.0 Å². The third-order valence-corrected chi connectivity index (χ3v) is 2.95. The normalized spacial score (nSPS) is 10.4. The molecule has 0 saturated heterocycles. The van der Waals surface area contributed by atoms with E-state index < -0.39 is 0 Å². The van der Waals surface area contributed by atoms with Crippen molar-refractivity contribution < 1.29 is 5.11 Å². The lowest BCUT2D eigenvalue weighted by Crippen LogP contribution is -2.09. The first-order chi connectivity index (χ1) is 9.19. The number of aromatic nitrogens is 3. The molecule has 19 heavy (non-hydrogen) atoms. The van der Waals surface area contributed by atoms with Gasteiger partial charge in [-0.2, -0.15) is 5.26 Å². The second kappa shape index (κ2) is 5.69. The summed E-state index contributed by atoms with van der Waals surface area (Å²) in [4.78, 5) is 12.6. The van der Waals surface area contributed by atoms with Gasteiger partial charge in [-0.3, -0.25) is 0 Å².